The number of hydrogen-bond acceptors (Lipinski definition) is 3. The van der Waals surface area contributed by atoms with E-state index in [2.05, 4.69) is 11.4 Å². The van der Waals surface area contributed by atoms with E-state index in [0.717, 1.165) is 16.5 Å². The highest BCUT2D eigenvalue weighted by Crippen LogP contribution is 2.26. The summed E-state index contributed by atoms with van der Waals surface area (Å²) in [5.74, 6) is 0. The van der Waals surface area contributed by atoms with Gasteiger partial charge in [0.2, 0.25) is 0 Å². The molecule has 2 rings (SSSR count). The second-order valence-corrected chi connectivity index (χ2v) is 5.02. The highest BCUT2D eigenvalue weighted by molar-refractivity contribution is 5.97. The Hall–Kier alpha value is -2.05. The van der Waals surface area contributed by atoms with Gasteiger partial charge in [-0.3, -0.25) is 0 Å². The smallest absolute Gasteiger partial charge is 0.0998 e. The molecule has 0 aliphatic carbocycles. The number of anilines is 1. The minimum absolute atomic E-state index is 0.486. The van der Waals surface area contributed by atoms with Crippen LogP contribution >= 0.6 is 0 Å². The van der Waals surface area contributed by atoms with Gasteiger partial charge in [-0.25, -0.2) is 0 Å². The summed E-state index contributed by atoms with van der Waals surface area (Å²) in [6, 6.07) is 13.7. The van der Waals surface area contributed by atoms with Gasteiger partial charge in [0.1, 0.15) is 0 Å². The van der Waals surface area contributed by atoms with Crippen LogP contribution in [0.3, 0.4) is 0 Å². The number of aliphatic hydroxyl groups is 1. The molecular weight excluding hydrogens is 236 g/mol. The average molecular weight is 254 g/mol. The van der Waals surface area contributed by atoms with Crippen molar-refractivity contribution in [1.29, 1.82) is 5.26 Å². The first-order chi connectivity index (χ1) is 9.07. The molecule has 0 aliphatic heterocycles. The lowest BCUT2D eigenvalue weighted by molar-refractivity contribution is 0.0698. The minimum atomic E-state index is -0.727. The Kier molecular flexibility index (Phi) is 3.73. The van der Waals surface area contributed by atoms with Gasteiger partial charge in [-0.15, -0.1) is 0 Å². The number of rotatable bonds is 4. The maximum atomic E-state index is 10.0. The average Bonchev–Trinajstić information content (AvgIpc) is 2.44. The number of nitrogens with one attached hydrogen (secondary N) is 1. The van der Waals surface area contributed by atoms with Crippen LogP contribution in [-0.4, -0.2) is 17.3 Å². The van der Waals surface area contributed by atoms with Crippen molar-refractivity contribution in [2.75, 3.05) is 11.9 Å². The molecular formula is C16H18N2O. The van der Waals surface area contributed by atoms with Gasteiger partial charge in [0.15, 0.2) is 0 Å². The Morgan fingerprint density at radius 3 is 2.53 bits per heavy atom. The number of nitriles is 1. The van der Waals surface area contributed by atoms with Crippen LogP contribution in [0.4, 0.5) is 5.69 Å². The first-order valence-corrected chi connectivity index (χ1v) is 6.45. The largest absolute Gasteiger partial charge is 0.388 e. The van der Waals surface area contributed by atoms with E-state index in [4.69, 9.17) is 5.26 Å². The lowest BCUT2D eigenvalue weighted by Crippen LogP contribution is -2.32. The maximum Gasteiger partial charge on any atom is 0.0998 e. The minimum Gasteiger partial charge on any atom is -0.388 e. The molecule has 0 saturated carbocycles. The van der Waals surface area contributed by atoms with Crippen molar-refractivity contribution in [3.05, 3.63) is 42.0 Å². The molecule has 1 unspecified atom stereocenters. The Bertz CT molecular complexity index is 626. The fraction of sp³-hybridized carbons (Fsp3) is 0.312. The van der Waals surface area contributed by atoms with Crippen molar-refractivity contribution in [3.63, 3.8) is 0 Å². The first-order valence-electron chi connectivity index (χ1n) is 6.45. The number of fused-ring (bicyclic) bond motifs is 1. The van der Waals surface area contributed by atoms with Gasteiger partial charge in [0.25, 0.3) is 0 Å². The monoisotopic (exact) mass is 254 g/mol. The first kappa shape index (κ1) is 13.4. The quantitative estimate of drug-likeness (QED) is 0.880. The molecule has 0 aliphatic rings. The maximum absolute atomic E-state index is 10.0. The topological polar surface area (TPSA) is 56.0 Å². The molecule has 19 heavy (non-hydrogen) atoms. The number of hydrogen-bond donors (Lipinski definition) is 2. The molecule has 2 N–H and O–H groups in total. The molecule has 0 aromatic heterocycles. The van der Waals surface area contributed by atoms with Crippen molar-refractivity contribution in [2.24, 2.45) is 0 Å². The molecule has 2 aromatic rings. The molecule has 0 heterocycles. The zero-order valence-corrected chi connectivity index (χ0v) is 11.3. The van der Waals surface area contributed by atoms with E-state index in [9.17, 15) is 5.11 Å². The van der Waals surface area contributed by atoms with Gasteiger partial charge in [-0.2, -0.15) is 5.26 Å². The normalized spacial score (nSPS) is 13.8. The van der Waals surface area contributed by atoms with Crippen molar-refractivity contribution in [3.8, 4) is 6.07 Å². The second-order valence-electron chi connectivity index (χ2n) is 5.02. The van der Waals surface area contributed by atoms with E-state index in [1.54, 1.807) is 0 Å². The van der Waals surface area contributed by atoms with Gasteiger partial charge in [0.05, 0.1) is 17.2 Å². The zero-order valence-electron chi connectivity index (χ0n) is 11.3. The summed E-state index contributed by atoms with van der Waals surface area (Å²) < 4.78 is 0. The van der Waals surface area contributed by atoms with Gasteiger partial charge < -0.3 is 10.4 Å². The van der Waals surface area contributed by atoms with Gasteiger partial charge in [-0.05, 0) is 25.5 Å². The van der Waals surface area contributed by atoms with Crippen LogP contribution in [0.25, 0.3) is 10.8 Å². The van der Waals surface area contributed by atoms with Crippen LogP contribution in [0.2, 0.25) is 0 Å². The van der Waals surface area contributed by atoms with Crippen molar-refractivity contribution in [2.45, 2.75) is 25.9 Å². The third kappa shape index (κ3) is 2.86. The molecule has 1 atom stereocenters. The van der Waals surface area contributed by atoms with Crippen LogP contribution in [0.15, 0.2) is 36.4 Å². The van der Waals surface area contributed by atoms with Crippen LogP contribution in [-0.2, 0) is 0 Å². The van der Waals surface area contributed by atoms with E-state index in [1.165, 1.54) is 0 Å². The summed E-state index contributed by atoms with van der Waals surface area (Å²) >= 11 is 0. The fourth-order valence-electron chi connectivity index (χ4n) is 1.96. The number of benzene rings is 2. The summed E-state index contributed by atoms with van der Waals surface area (Å²) in [6.45, 7) is 4.25. The third-order valence-electron chi connectivity index (χ3n) is 3.47. The molecule has 0 amide bonds. The molecule has 3 nitrogen and oxygen atoms in total. The summed E-state index contributed by atoms with van der Waals surface area (Å²) in [6.07, 6.45) is 0.689. The van der Waals surface area contributed by atoms with Crippen molar-refractivity contribution < 1.29 is 5.11 Å². The highest BCUT2D eigenvalue weighted by Gasteiger charge is 2.17. The fourth-order valence-corrected chi connectivity index (χ4v) is 1.96. The van der Waals surface area contributed by atoms with Crippen LogP contribution in [0, 0.1) is 11.3 Å². The van der Waals surface area contributed by atoms with Crippen molar-refractivity contribution in [1.82, 2.24) is 0 Å². The molecule has 0 radical (unpaired) electrons. The Morgan fingerprint density at radius 2 is 1.89 bits per heavy atom. The molecule has 3 heteroatoms. The predicted molar refractivity (Wildman–Crippen MR) is 78.1 cm³/mol. The zero-order chi connectivity index (χ0) is 13.9. The van der Waals surface area contributed by atoms with E-state index in [-0.39, 0.29) is 0 Å². The highest BCUT2D eigenvalue weighted by atomic mass is 16.3. The van der Waals surface area contributed by atoms with E-state index in [0.29, 0.717) is 18.5 Å². The molecule has 2 aromatic carbocycles. The Morgan fingerprint density at radius 1 is 1.21 bits per heavy atom. The molecule has 0 saturated heterocycles. The molecule has 0 bridgehead atoms. The van der Waals surface area contributed by atoms with Crippen LogP contribution in [0.1, 0.15) is 25.8 Å². The van der Waals surface area contributed by atoms with Gasteiger partial charge >= 0.3 is 0 Å². The predicted octanol–water partition coefficient (Wildman–Crippen LogP) is 3.28. The second kappa shape index (κ2) is 5.29. The lowest BCUT2D eigenvalue weighted by atomic mass is 10.0. The molecule has 0 fully saturated rings. The standard InChI is InChI=1S/C16H18N2O/c1-3-16(2,19)11-18-15-9-8-12(10-17)13-6-4-5-7-14(13)15/h4-9,18-19H,3,11H2,1-2H3. The summed E-state index contributed by atoms with van der Waals surface area (Å²) in [5, 5.41) is 24.4. The molecule has 98 valence electrons. The Balaban J connectivity index is 2.38. The lowest BCUT2D eigenvalue weighted by Gasteiger charge is -2.23. The van der Waals surface area contributed by atoms with Crippen molar-refractivity contribution >= 4 is 16.5 Å². The van der Waals surface area contributed by atoms with Gasteiger partial charge in [-0.1, -0.05) is 31.2 Å². The molecule has 0 spiro atoms. The van der Waals surface area contributed by atoms with E-state index < -0.39 is 5.60 Å². The van der Waals surface area contributed by atoms with Crippen LogP contribution in [0.5, 0.6) is 0 Å². The van der Waals surface area contributed by atoms with E-state index in [1.807, 2.05) is 50.2 Å². The van der Waals surface area contributed by atoms with Crippen LogP contribution < -0.4 is 5.32 Å². The summed E-state index contributed by atoms with van der Waals surface area (Å²) in [5.41, 5.74) is 0.890. The van der Waals surface area contributed by atoms with Gasteiger partial charge in [0, 0.05) is 23.0 Å². The summed E-state index contributed by atoms with van der Waals surface area (Å²) in [7, 11) is 0. The third-order valence-corrected chi connectivity index (χ3v) is 3.47. The SMILES string of the molecule is CCC(C)(O)CNc1ccc(C#N)c2ccccc12. The Labute approximate surface area is 113 Å². The van der Waals surface area contributed by atoms with E-state index >= 15 is 0 Å². The summed E-state index contributed by atoms with van der Waals surface area (Å²) in [4.78, 5) is 0. The number of nitrogens with zero attached hydrogens (tertiary/aromatic N) is 1.